The lowest BCUT2D eigenvalue weighted by molar-refractivity contribution is -0.385. The first-order valence-corrected chi connectivity index (χ1v) is 8.19. The molecule has 2 heterocycles. The van der Waals surface area contributed by atoms with Gasteiger partial charge < -0.3 is 20.1 Å². The Morgan fingerprint density at radius 1 is 1.38 bits per heavy atom. The van der Waals surface area contributed by atoms with E-state index in [1.54, 1.807) is 20.8 Å². The summed E-state index contributed by atoms with van der Waals surface area (Å²) in [4.78, 5) is 39.0. The lowest BCUT2D eigenvalue weighted by Crippen LogP contribution is -2.46. The van der Waals surface area contributed by atoms with Gasteiger partial charge in [0.1, 0.15) is 23.2 Å². The molecule has 2 rings (SSSR count). The molecule has 1 aromatic heterocycles. The summed E-state index contributed by atoms with van der Waals surface area (Å²) in [5, 5.41) is 22.9. The van der Waals surface area contributed by atoms with Crippen molar-refractivity contribution in [2.24, 2.45) is 0 Å². The van der Waals surface area contributed by atoms with Gasteiger partial charge in [-0.15, -0.1) is 0 Å². The zero-order chi connectivity index (χ0) is 19.5. The number of piperidine rings is 1. The lowest BCUT2D eigenvalue weighted by atomic mass is 10.0. The van der Waals surface area contributed by atoms with Crippen LogP contribution in [0.25, 0.3) is 0 Å². The molecule has 0 bridgehead atoms. The molecule has 142 valence electrons. The van der Waals surface area contributed by atoms with Gasteiger partial charge in [-0.05, 0) is 33.6 Å². The van der Waals surface area contributed by atoms with Gasteiger partial charge in [0.15, 0.2) is 0 Å². The monoisotopic (exact) mass is 366 g/mol. The second-order valence-electron chi connectivity index (χ2n) is 7.03. The molecule has 0 aliphatic carbocycles. The number of anilines is 1. The second kappa shape index (κ2) is 7.54. The highest BCUT2D eigenvalue weighted by molar-refractivity contribution is 5.93. The topological polar surface area (TPSA) is 135 Å². The van der Waals surface area contributed by atoms with Crippen molar-refractivity contribution in [1.29, 1.82) is 0 Å². The van der Waals surface area contributed by atoms with Gasteiger partial charge in [-0.1, -0.05) is 0 Å². The largest absolute Gasteiger partial charge is 0.477 e. The average molecular weight is 366 g/mol. The molecule has 1 aliphatic rings. The fraction of sp³-hybridized carbons (Fsp3) is 0.562. The number of carbonyl (C=O) groups excluding carboxylic acids is 1. The highest BCUT2D eigenvalue weighted by Gasteiger charge is 2.27. The van der Waals surface area contributed by atoms with Gasteiger partial charge in [0.2, 0.25) is 0 Å². The van der Waals surface area contributed by atoms with E-state index < -0.39 is 33.8 Å². The summed E-state index contributed by atoms with van der Waals surface area (Å²) in [6.07, 6.45) is 1.74. The van der Waals surface area contributed by atoms with E-state index in [1.165, 1.54) is 6.07 Å². The van der Waals surface area contributed by atoms with Crippen LogP contribution < -0.4 is 10.2 Å². The normalized spacial score (nSPS) is 15.4. The van der Waals surface area contributed by atoms with Gasteiger partial charge in [0.25, 0.3) is 0 Å². The second-order valence-corrected chi connectivity index (χ2v) is 7.03. The number of aromatic carboxylic acids is 1. The number of alkyl carbamates (subject to hydrolysis) is 1. The Labute approximate surface area is 150 Å². The van der Waals surface area contributed by atoms with E-state index in [0.717, 1.165) is 6.20 Å². The van der Waals surface area contributed by atoms with Crippen molar-refractivity contribution in [2.75, 3.05) is 18.0 Å². The summed E-state index contributed by atoms with van der Waals surface area (Å²) < 4.78 is 5.22. The van der Waals surface area contributed by atoms with Crippen molar-refractivity contribution in [3.63, 3.8) is 0 Å². The van der Waals surface area contributed by atoms with Crippen molar-refractivity contribution in [2.45, 2.75) is 45.3 Å². The molecule has 10 nitrogen and oxygen atoms in total. The summed E-state index contributed by atoms with van der Waals surface area (Å²) in [6.45, 7) is 6.43. The summed E-state index contributed by atoms with van der Waals surface area (Å²) in [5.74, 6) is -1.01. The molecular formula is C16H22N4O6. The minimum absolute atomic E-state index is 0.0573. The fourth-order valence-corrected chi connectivity index (χ4v) is 2.65. The van der Waals surface area contributed by atoms with E-state index in [2.05, 4.69) is 10.3 Å². The van der Waals surface area contributed by atoms with Crippen LogP contribution in [0.15, 0.2) is 12.3 Å². The zero-order valence-electron chi connectivity index (χ0n) is 14.9. The minimum Gasteiger partial charge on any atom is -0.477 e. The number of nitro groups is 1. The Hall–Kier alpha value is -2.91. The molecule has 0 spiro atoms. The Balaban J connectivity index is 2.00. The average Bonchev–Trinajstić information content (AvgIpc) is 2.53. The SMILES string of the molecule is CC(C)(C)OC(=O)NC1CCN(c2cc(C(=O)O)c([N+](=O)[O-])cn2)CC1. The molecular weight excluding hydrogens is 344 g/mol. The Morgan fingerprint density at radius 2 is 2.00 bits per heavy atom. The van der Waals surface area contributed by atoms with E-state index in [-0.39, 0.29) is 6.04 Å². The highest BCUT2D eigenvalue weighted by atomic mass is 16.6. The van der Waals surface area contributed by atoms with Crippen molar-refractivity contribution in [3.8, 4) is 0 Å². The first-order valence-electron chi connectivity index (χ1n) is 8.19. The molecule has 1 aliphatic heterocycles. The number of hydrogen-bond donors (Lipinski definition) is 2. The van der Waals surface area contributed by atoms with Crippen molar-refractivity contribution < 1.29 is 24.4 Å². The molecule has 26 heavy (non-hydrogen) atoms. The van der Waals surface area contributed by atoms with Crippen molar-refractivity contribution in [3.05, 3.63) is 27.9 Å². The van der Waals surface area contributed by atoms with E-state index in [0.29, 0.717) is 31.7 Å². The van der Waals surface area contributed by atoms with Gasteiger partial charge >= 0.3 is 17.7 Å². The van der Waals surface area contributed by atoms with Gasteiger partial charge in [0.05, 0.1) is 4.92 Å². The number of ether oxygens (including phenoxy) is 1. The molecule has 1 aromatic rings. The maximum absolute atomic E-state index is 11.8. The molecule has 0 radical (unpaired) electrons. The van der Waals surface area contributed by atoms with Crippen LogP contribution in [-0.4, -0.2) is 51.8 Å². The third-order valence-corrected chi connectivity index (χ3v) is 3.84. The number of carboxylic acid groups (broad SMARTS) is 1. The van der Waals surface area contributed by atoms with E-state index in [4.69, 9.17) is 9.84 Å². The van der Waals surface area contributed by atoms with E-state index >= 15 is 0 Å². The third-order valence-electron chi connectivity index (χ3n) is 3.84. The summed E-state index contributed by atoms with van der Waals surface area (Å²) in [7, 11) is 0. The highest BCUT2D eigenvalue weighted by Crippen LogP contribution is 2.24. The van der Waals surface area contributed by atoms with Gasteiger partial charge in [-0.25, -0.2) is 14.6 Å². The molecule has 1 amide bonds. The third kappa shape index (κ3) is 5.04. The summed E-state index contributed by atoms with van der Waals surface area (Å²) in [6, 6.07) is 1.15. The molecule has 10 heteroatoms. The lowest BCUT2D eigenvalue weighted by Gasteiger charge is -2.33. The Morgan fingerprint density at radius 3 is 2.50 bits per heavy atom. The van der Waals surface area contributed by atoms with Crippen LogP contribution in [0, 0.1) is 10.1 Å². The molecule has 0 saturated carbocycles. The number of carboxylic acids is 1. The molecule has 0 unspecified atom stereocenters. The van der Waals surface area contributed by atoms with Crippen LogP contribution in [0.5, 0.6) is 0 Å². The number of rotatable bonds is 4. The first kappa shape index (κ1) is 19.4. The number of nitrogens with zero attached hydrogens (tertiary/aromatic N) is 3. The van der Waals surface area contributed by atoms with Gasteiger partial charge in [-0.3, -0.25) is 10.1 Å². The van der Waals surface area contributed by atoms with Crippen LogP contribution in [0.2, 0.25) is 0 Å². The first-order chi connectivity index (χ1) is 12.1. The van der Waals surface area contributed by atoms with Crippen LogP contribution in [0.4, 0.5) is 16.3 Å². The van der Waals surface area contributed by atoms with Crippen LogP contribution >= 0.6 is 0 Å². The molecule has 0 atom stereocenters. The molecule has 1 fully saturated rings. The van der Waals surface area contributed by atoms with Crippen LogP contribution in [-0.2, 0) is 4.74 Å². The number of aromatic nitrogens is 1. The fourth-order valence-electron chi connectivity index (χ4n) is 2.65. The number of pyridine rings is 1. The maximum Gasteiger partial charge on any atom is 0.407 e. The Bertz CT molecular complexity index is 707. The van der Waals surface area contributed by atoms with Crippen LogP contribution in [0.1, 0.15) is 44.0 Å². The quantitative estimate of drug-likeness (QED) is 0.611. The molecule has 0 aromatic carbocycles. The predicted molar refractivity (Wildman–Crippen MR) is 92.5 cm³/mol. The van der Waals surface area contributed by atoms with Crippen molar-refractivity contribution >= 4 is 23.6 Å². The standard InChI is InChI=1S/C16H22N4O6/c1-16(2,3)26-15(23)18-10-4-6-19(7-5-10)13-8-11(14(21)22)12(9-17-13)20(24)25/h8-10H,4-7H2,1-3H3,(H,18,23)(H,21,22). The summed E-state index contributed by atoms with van der Waals surface area (Å²) >= 11 is 0. The zero-order valence-corrected chi connectivity index (χ0v) is 14.9. The number of carbonyl (C=O) groups is 2. The van der Waals surface area contributed by atoms with Gasteiger partial charge in [-0.2, -0.15) is 0 Å². The number of hydrogen-bond acceptors (Lipinski definition) is 7. The predicted octanol–water partition coefficient (Wildman–Crippen LogP) is 2.18. The summed E-state index contributed by atoms with van der Waals surface area (Å²) in [5.41, 5.74) is -1.50. The molecule has 2 N–H and O–H groups in total. The molecule has 1 saturated heterocycles. The smallest absolute Gasteiger partial charge is 0.407 e. The number of amides is 1. The Kier molecular flexibility index (Phi) is 5.63. The maximum atomic E-state index is 11.8. The van der Waals surface area contributed by atoms with Crippen molar-refractivity contribution in [1.82, 2.24) is 10.3 Å². The van der Waals surface area contributed by atoms with E-state index in [9.17, 15) is 19.7 Å². The van der Waals surface area contributed by atoms with E-state index in [1.807, 2.05) is 4.90 Å². The number of nitrogens with one attached hydrogen (secondary N) is 1. The minimum atomic E-state index is -1.37. The van der Waals surface area contributed by atoms with Crippen LogP contribution in [0.3, 0.4) is 0 Å². The van der Waals surface area contributed by atoms with Gasteiger partial charge in [0, 0.05) is 25.2 Å².